The molecule has 0 saturated carbocycles. The number of benzene rings is 1. The van der Waals surface area contributed by atoms with Gasteiger partial charge in [-0.1, -0.05) is 32.3 Å². The topological polar surface area (TPSA) is 63.6 Å². The van der Waals surface area contributed by atoms with E-state index in [1.807, 2.05) is 30.3 Å². The number of hydrogen-bond acceptors (Lipinski definition) is 3. The summed E-state index contributed by atoms with van der Waals surface area (Å²) in [5.74, 6) is 0. The van der Waals surface area contributed by atoms with Crippen molar-refractivity contribution in [2.24, 2.45) is 0 Å². The van der Waals surface area contributed by atoms with Crippen LogP contribution in [0.15, 0.2) is 30.3 Å². The summed E-state index contributed by atoms with van der Waals surface area (Å²) in [5, 5.41) is 0. The van der Waals surface area contributed by atoms with Gasteiger partial charge in [-0.15, -0.1) is 12.1 Å². The van der Waals surface area contributed by atoms with E-state index in [9.17, 15) is 8.42 Å². The van der Waals surface area contributed by atoms with Crippen molar-refractivity contribution < 1.29 is 46.7 Å². The summed E-state index contributed by atoms with van der Waals surface area (Å²) in [6.45, 7) is 5.86. The van der Waals surface area contributed by atoms with Gasteiger partial charge in [0, 0.05) is 0 Å². The van der Waals surface area contributed by atoms with Gasteiger partial charge < -0.3 is 0 Å². The van der Waals surface area contributed by atoms with E-state index in [-0.39, 0.29) is 36.2 Å². The molecule has 0 aromatic heterocycles. The monoisotopic (exact) mass is 296 g/mol. The zero-order valence-electron chi connectivity index (χ0n) is 11.7. The van der Waals surface area contributed by atoms with Gasteiger partial charge in [0.15, 0.2) is 0 Å². The minimum absolute atomic E-state index is 0. The van der Waals surface area contributed by atoms with Gasteiger partial charge in [-0.2, -0.15) is 33.0 Å². The van der Waals surface area contributed by atoms with Crippen LogP contribution in [0, 0.1) is 6.92 Å². The Labute approximate surface area is 138 Å². The van der Waals surface area contributed by atoms with Gasteiger partial charge in [0.1, 0.15) is 0 Å². The van der Waals surface area contributed by atoms with Crippen LogP contribution < -0.4 is 29.6 Å². The van der Waals surface area contributed by atoms with E-state index < -0.39 is 10.4 Å². The van der Waals surface area contributed by atoms with E-state index in [0.29, 0.717) is 6.42 Å². The number of unbranched alkanes of at least 4 members (excludes halogenated alkanes) is 3. The molecule has 19 heavy (non-hydrogen) atoms. The zero-order chi connectivity index (χ0) is 13.9. The molecule has 104 valence electrons. The van der Waals surface area contributed by atoms with Crippen molar-refractivity contribution in [1.82, 2.24) is 0 Å². The smallest absolute Gasteiger partial charge is 0.264 e. The molecule has 0 aliphatic rings. The molecule has 4 nitrogen and oxygen atoms in total. The third kappa shape index (κ3) is 18.0. The Kier molecular flexibility index (Phi) is 14.5. The third-order valence-electron chi connectivity index (χ3n) is 2.07. The maximum absolute atomic E-state index is 10.00. The molecule has 1 aromatic carbocycles. The van der Waals surface area contributed by atoms with Crippen molar-refractivity contribution in [1.29, 1.82) is 0 Å². The second-order valence-corrected chi connectivity index (χ2v) is 4.89. The Hall–Kier alpha value is -0.0400. The van der Waals surface area contributed by atoms with Crippen molar-refractivity contribution >= 4 is 10.4 Å². The molecule has 0 atom stereocenters. The molecule has 0 spiro atoms. The molecule has 0 aliphatic heterocycles. The zero-order valence-corrected chi connectivity index (χ0v) is 14.5. The van der Waals surface area contributed by atoms with Crippen LogP contribution in [0.25, 0.3) is 0 Å². The maximum atomic E-state index is 10.00. The number of rotatable bonds is 6. The van der Waals surface area contributed by atoms with Crippen LogP contribution in [0.5, 0.6) is 0 Å². The van der Waals surface area contributed by atoms with Crippen molar-refractivity contribution in [3.05, 3.63) is 42.8 Å². The SMILES string of the molecule is CCCCCCOS(=O)(=O)O.[CH2-]c1ccccc1.[Na+]. The molecule has 1 rings (SSSR count). The molecule has 0 unspecified atom stereocenters. The molecule has 0 amide bonds. The van der Waals surface area contributed by atoms with Crippen molar-refractivity contribution in [2.75, 3.05) is 6.61 Å². The minimum Gasteiger partial charge on any atom is -0.264 e. The average Bonchev–Trinajstić information content (AvgIpc) is 2.29. The van der Waals surface area contributed by atoms with Crippen molar-refractivity contribution in [3.8, 4) is 0 Å². The van der Waals surface area contributed by atoms with Crippen LogP contribution in [0.4, 0.5) is 0 Å². The summed E-state index contributed by atoms with van der Waals surface area (Å²) in [6.07, 6.45) is 3.76. The largest absolute Gasteiger partial charge is 1.00 e. The van der Waals surface area contributed by atoms with Crippen LogP contribution in [-0.2, 0) is 14.6 Å². The fourth-order valence-corrected chi connectivity index (χ4v) is 1.50. The van der Waals surface area contributed by atoms with Gasteiger partial charge >= 0.3 is 40.0 Å². The summed E-state index contributed by atoms with van der Waals surface area (Å²) in [4.78, 5) is 0. The predicted octanol–water partition coefficient (Wildman–Crippen LogP) is 0.259. The standard InChI is InChI=1S/C7H7.C6H14O4S.Na/c1-7-5-3-2-4-6-7;1-2-3-4-5-6-10-11(7,8)9;/h2-6H,1H2;2-6H2,1H3,(H,7,8,9);/q-1;;+1. The summed E-state index contributed by atoms with van der Waals surface area (Å²) in [7, 11) is -4.21. The first-order valence-electron chi connectivity index (χ1n) is 5.94. The molecule has 0 aliphatic carbocycles. The summed E-state index contributed by atoms with van der Waals surface area (Å²) < 4.78 is 32.2. The molecule has 1 aromatic rings. The van der Waals surface area contributed by atoms with Gasteiger partial charge in [-0.3, -0.25) is 4.55 Å². The van der Waals surface area contributed by atoms with E-state index in [1.165, 1.54) is 0 Å². The Morgan fingerprint density at radius 2 is 1.74 bits per heavy atom. The third-order valence-corrected chi connectivity index (χ3v) is 2.54. The molecule has 1 N–H and O–H groups in total. The van der Waals surface area contributed by atoms with Crippen molar-refractivity contribution in [2.45, 2.75) is 32.6 Å². The number of hydrogen-bond donors (Lipinski definition) is 1. The molecule has 0 radical (unpaired) electrons. The molecule has 6 heteroatoms. The Morgan fingerprint density at radius 1 is 1.16 bits per heavy atom. The van der Waals surface area contributed by atoms with Gasteiger partial charge in [0.25, 0.3) is 0 Å². The first kappa shape index (κ1) is 21.3. The second kappa shape index (κ2) is 13.0. The summed E-state index contributed by atoms with van der Waals surface area (Å²) in [5.41, 5.74) is 1.07. The Balaban J connectivity index is 0. The minimum atomic E-state index is -4.21. The van der Waals surface area contributed by atoms with Crippen LogP contribution in [-0.4, -0.2) is 19.6 Å². The first-order valence-corrected chi connectivity index (χ1v) is 7.31. The quantitative estimate of drug-likeness (QED) is 0.354. The molecular weight excluding hydrogens is 275 g/mol. The van der Waals surface area contributed by atoms with Crippen LogP contribution in [0.2, 0.25) is 0 Å². The van der Waals surface area contributed by atoms with Crippen LogP contribution >= 0.6 is 0 Å². The van der Waals surface area contributed by atoms with E-state index >= 15 is 0 Å². The summed E-state index contributed by atoms with van der Waals surface area (Å²) >= 11 is 0. The van der Waals surface area contributed by atoms with E-state index in [0.717, 1.165) is 24.8 Å². The fourth-order valence-electron chi connectivity index (χ4n) is 1.17. The van der Waals surface area contributed by atoms with Crippen LogP contribution in [0.3, 0.4) is 0 Å². The molecule has 0 saturated heterocycles. The molecule has 0 bridgehead atoms. The summed E-state index contributed by atoms with van der Waals surface area (Å²) in [6, 6.07) is 9.87. The van der Waals surface area contributed by atoms with Gasteiger partial charge in [-0.05, 0) is 6.42 Å². The van der Waals surface area contributed by atoms with E-state index in [2.05, 4.69) is 18.0 Å². The van der Waals surface area contributed by atoms with Gasteiger partial charge in [-0.25, -0.2) is 4.18 Å². The second-order valence-electron chi connectivity index (χ2n) is 3.80. The van der Waals surface area contributed by atoms with E-state index in [1.54, 1.807) is 0 Å². The Morgan fingerprint density at radius 3 is 2.11 bits per heavy atom. The van der Waals surface area contributed by atoms with Crippen LogP contribution in [0.1, 0.15) is 38.2 Å². The molecule has 0 fully saturated rings. The van der Waals surface area contributed by atoms with Gasteiger partial charge in [0.2, 0.25) is 0 Å². The first-order chi connectivity index (χ1) is 8.45. The Bertz CT molecular complexity index is 392. The average molecular weight is 296 g/mol. The fraction of sp³-hybridized carbons (Fsp3) is 0.462. The van der Waals surface area contributed by atoms with Crippen molar-refractivity contribution in [3.63, 3.8) is 0 Å². The van der Waals surface area contributed by atoms with Gasteiger partial charge in [0.05, 0.1) is 6.61 Å². The van der Waals surface area contributed by atoms with E-state index in [4.69, 9.17) is 4.55 Å². The maximum Gasteiger partial charge on any atom is 1.00 e. The predicted molar refractivity (Wildman–Crippen MR) is 72.5 cm³/mol. The normalized spacial score (nSPS) is 10.0. The molecule has 0 heterocycles. The molecular formula is C13H21NaO4S.